The third kappa shape index (κ3) is 4.62. The second-order valence-electron chi connectivity index (χ2n) is 4.25. The number of likely N-dealkylation sites (N-methyl/N-ethyl adjacent to an activating group) is 1. The summed E-state index contributed by atoms with van der Waals surface area (Å²) < 4.78 is 0. The molecule has 0 fully saturated rings. The molecule has 1 amide bonds. The fourth-order valence-corrected chi connectivity index (χ4v) is 1.44. The molecule has 3 N–H and O–H groups in total. The lowest BCUT2D eigenvalue weighted by atomic mass is 9.97. The Morgan fingerprint density at radius 2 is 2.13 bits per heavy atom. The van der Waals surface area contributed by atoms with Crippen molar-refractivity contribution < 1.29 is 4.79 Å². The van der Waals surface area contributed by atoms with Gasteiger partial charge in [-0.2, -0.15) is 0 Å². The molecule has 0 saturated carbocycles. The molecule has 0 aliphatic heterocycles. The highest BCUT2D eigenvalue weighted by molar-refractivity contribution is 5.75. The summed E-state index contributed by atoms with van der Waals surface area (Å²) in [7, 11) is 3.74. The molecule has 0 spiro atoms. The molecule has 0 aromatic rings. The van der Waals surface area contributed by atoms with E-state index in [1.54, 1.807) is 7.05 Å². The second-order valence-corrected chi connectivity index (χ2v) is 4.25. The smallest absolute Gasteiger partial charge is 0.219 e. The Labute approximate surface area is 93.2 Å². The van der Waals surface area contributed by atoms with E-state index >= 15 is 0 Å². The van der Waals surface area contributed by atoms with Gasteiger partial charge in [-0.1, -0.05) is 6.92 Å². The van der Waals surface area contributed by atoms with E-state index in [4.69, 9.17) is 5.73 Å². The molecule has 0 radical (unpaired) electrons. The van der Waals surface area contributed by atoms with Crippen LogP contribution in [0.4, 0.5) is 0 Å². The Hall–Kier alpha value is -0.610. The minimum Gasteiger partial charge on any atom is -0.359 e. The summed E-state index contributed by atoms with van der Waals surface area (Å²) >= 11 is 0. The van der Waals surface area contributed by atoms with Crippen molar-refractivity contribution in [2.24, 2.45) is 5.73 Å². The predicted molar refractivity (Wildman–Crippen MR) is 63.7 cm³/mol. The Morgan fingerprint density at radius 3 is 2.53 bits per heavy atom. The molecule has 0 aliphatic rings. The van der Waals surface area contributed by atoms with Gasteiger partial charge in [0.25, 0.3) is 0 Å². The van der Waals surface area contributed by atoms with Gasteiger partial charge in [0.05, 0.1) is 0 Å². The monoisotopic (exact) mass is 215 g/mol. The first kappa shape index (κ1) is 14.4. The minimum atomic E-state index is 0.0582. The quantitative estimate of drug-likeness (QED) is 0.653. The van der Waals surface area contributed by atoms with Gasteiger partial charge in [-0.05, 0) is 33.4 Å². The molecule has 0 bridgehead atoms. The van der Waals surface area contributed by atoms with Crippen LogP contribution in [-0.4, -0.2) is 43.5 Å². The SMILES string of the molecule is CCC(C)(CN)N(C)CCCC(=O)NC. The normalized spacial score (nSPS) is 15.1. The lowest BCUT2D eigenvalue weighted by Gasteiger charge is -2.37. The molecular formula is C11H25N3O. The highest BCUT2D eigenvalue weighted by Crippen LogP contribution is 2.16. The Bertz CT molecular complexity index is 190. The second kappa shape index (κ2) is 6.80. The summed E-state index contributed by atoms with van der Waals surface area (Å²) in [6, 6.07) is 0. The fourth-order valence-electron chi connectivity index (χ4n) is 1.44. The Morgan fingerprint density at radius 1 is 1.53 bits per heavy atom. The zero-order valence-corrected chi connectivity index (χ0v) is 10.5. The highest BCUT2D eigenvalue weighted by atomic mass is 16.1. The van der Waals surface area contributed by atoms with Gasteiger partial charge in [0.1, 0.15) is 0 Å². The van der Waals surface area contributed by atoms with Gasteiger partial charge in [0.15, 0.2) is 0 Å². The highest BCUT2D eigenvalue weighted by Gasteiger charge is 2.24. The van der Waals surface area contributed by atoms with Crippen LogP contribution in [0.1, 0.15) is 33.1 Å². The molecule has 0 aromatic carbocycles. The molecular weight excluding hydrogens is 190 g/mol. The third-order valence-electron chi connectivity index (χ3n) is 3.30. The lowest BCUT2D eigenvalue weighted by Crippen LogP contribution is -2.49. The topological polar surface area (TPSA) is 58.4 Å². The summed E-state index contributed by atoms with van der Waals surface area (Å²) in [6.07, 6.45) is 2.50. The summed E-state index contributed by atoms with van der Waals surface area (Å²) in [5.74, 6) is 0.106. The molecule has 0 heterocycles. The van der Waals surface area contributed by atoms with Gasteiger partial charge in [-0.15, -0.1) is 0 Å². The summed E-state index contributed by atoms with van der Waals surface area (Å²) in [5.41, 5.74) is 5.81. The third-order valence-corrected chi connectivity index (χ3v) is 3.30. The zero-order chi connectivity index (χ0) is 11.9. The van der Waals surface area contributed by atoms with Crippen molar-refractivity contribution in [2.45, 2.75) is 38.6 Å². The van der Waals surface area contributed by atoms with Gasteiger partial charge < -0.3 is 11.1 Å². The standard InChI is InChI=1S/C11H25N3O/c1-5-11(2,9-12)14(4)8-6-7-10(15)13-3/h5-9,12H2,1-4H3,(H,13,15). The molecule has 4 heteroatoms. The van der Waals surface area contributed by atoms with Crippen LogP contribution in [0.15, 0.2) is 0 Å². The van der Waals surface area contributed by atoms with Crippen molar-refractivity contribution in [3.8, 4) is 0 Å². The Balaban J connectivity index is 3.91. The molecule has 1 unspecified atom stereocenters. The molecule has 0 saturated heterocycles. The van der Waals surface area contributed by atoms with Crippen molar-refractivity contribution in [3.63, 3.8) is 0 Å². The van der Waals surface area contributed by atoms with E-state index in [1.165, 1.54) is 0 Å². The molecule has 15 heavy (non-hydrogen) atoms. The van der Waals surface area contributed by atoms with Crippen LogP contribution in [0.2, 0.25) is 0 Å². The minimum absolute atomic E-state index is 0.0582. The van der Waals surface area contributed by atoms with Gasteiger partial charge in [0, 0.05) is 25.6 Å². The molecule has 4 nitrogen and oxygen atoms in total. The number of hydrogen-bond donors (Lipinski definition) is 2. The number of nitrogens with one attached hydrogen (secondary N) is 1. The summed E-state index contributed by atoms with van der Waals surface area (Å²) in [5, 5.41) is 2.62. The maximum Gasteiger partial charge on any atom is 0.219 e. The molecule has 0 rings (SSSR count). The number of rotatable bonds is 7. The zero-order valence-electron chi connectivity index (χ0n) is 10.5. The van der Waals surface area contributed by atoms with E-state index in [0.717, 1.165) is 19.4 Å². The predicted octanol–water partition coefficient (Wildman–Crippen LogP) is 0.572. The first-order chi connectivity index (χ1) is 7.00. The van der Waals surface area contributed by atoms with E-state index in [9.17, 15) is 4.79 Å². The van der Waals surface area contributed by atoms with Crippen LogP contribution >= 0.6 is 0 Å². The van der Waals surface area contributed by atoms with Gasteiger partial charge in [0.2, 0.25) is 5.91 Å². The molecule has 90 valence electrons. The van der Waals surface area contributed by atoms with Crippen LogP contribution < -0.4 is 11.1 Å². The average molecular weight is 215 g/mol. The largest absolute Gasteiger partial charge is 0.359 e. The molecule has 0 aromatic heterocycles. The van der Waals surface area contributed by atoms with Crippen molar-refractivity contribution in [2.75, 3.05) is 27.2 Å². The average Bonchev–Trinajstić information content (AvgIpc) is 2.27. The molecule has 1 atom stereocenters. The molecule has 0 aliphatic carbocycles. The maximum atomic E-state index is 11.0. The van der Waals surface area contributed by atoms with E-state index in [-0.39, 0.29) is 11.4 Å². The van der Waals surface area contributed by atoms with E-state index in [0.29, 0.717) is 13.0 Å². The number of carbonyl (C=O) groups is 1. The van der Waals surface area contributed by atoms with Gasteiger partial charge in [-0.3, -0.25) is 9.69 Å². The number of nitrogens with two attached hydrogens (primary N) is 1. The number of hydrogen-bond acceptors (Lipinski definition) is 3. The van der Waals surface area contributed by atoms with Gasteiger partial charge in [-0.25, -0.2) is 0 Å². The van der Waals surface area contributed by atoms with Crippen molar-refractivity contribution in [3.05, 3.63) is 0 Å². The number of carbonyl (C=O) groups excluding carboxylic acids is 1. The number of amides is 1. The van der Waals surface area contributed by atoms with Crippen LogP contribution in [0, 0.1) is 0 Å². The van der Waals surface area contributed by atoms with E-state index < -0.39 is 0 Å². The maximum absolute atomic E-state index is 11.0. The summed E-state index contributed by atoms with van der Waals surface area (Å²) in [6.45, 7) is 5.87. The van der Waals surface area contributed by atoms with E-state index in [2.05, 4.69) is 31.1 Å². The fraction of sp³-hybridized carbons (Fsp3) is 0.909. The van der Waals surface area contributed by atoms with Crippen LogP contribution in [0.3, 0.4) is 0 Å². The van der Waals surface area contributed by atoms with Crippen molar-refractivity contribution >= 4 is 5.91 Å². The number of nitrogens with zero attached hydrogens (tertiary/aromatic N) is 1. The first-order valence-corrected chi connectivity index (χ1v) is 5.62. The van der Waals surface area contributed by atoms with Crippen LogP contribution in [0.5, 0.6) is 0 Å². The van der Waals surface area contributed by atoms with Gasteiger partial charge >= 0.3 is 0 Å². The summed E-state index contributed by atoms with van der Waals surface area (Å²) in [4.78, 5) is 13.3. The lowest BCUT2D eigenvalue weighted by molar-refractivity contribution is -0.120. The van der Waals surface area contributed by atoms with Crippen LogP contribution in [0.25, 0.3) is 0 Å². The van der Waals surface area contributed by atoms with Crippen molar-refractivity contribution in [1.29, 1.82) is 0 Å². The first-order valence-electron chi connectivity index (χ1n) is 5.62. The van der Waals surface area contributed by atoms with Crippen LogP contribution in [-0.2, 0) is 4.79 Å². The Kier molecular flexibility index (Phi) is 6.52. The van der Waals surface area contributed by atoms with E-state index in [1.807, 2.05) is 0 Å². The van der Waals surface area contributed by atoms with Crippen molar-refractivity contribution in [1.82, 2.24) is 10.2 Å².